The number of rotatable bonds is 11. The minimum Gasteiger partial charge on any atom is -0.491 e. The molecule has 0 bridgehead atoms. The number of nitrogens with one attached hydrogen (secondary N) is 1. The average Bonchev–Trinajstić information content (AvgIpc) is 2.79. The van der Waals surface area contributed by atoms with Crippen LogP contribution in [0.2, 0.25) is 0 Å². The van der Waals surface area contributed by atoms with E-state index in [-0.39, 0.29) is 37.0 Å². The Morgan fingerprint density at radius 2 is 1.48 bits per heavy atom. The first-order chi connectivity index (χ1) is 15.2. The second-order valence-corrected chi connectivity index (χ2v) is 8.93. The third kappa shape index (κ3) is 11.2. The maximum atomic E-state index is 12.8. The number of halogens is 2. The number of hydrogen-bond donors (Lipinski definition) is 1. The summed E-state index contributed by atoms with van der Waals surface area (Å²) in [5, 5.41) is 2.93. The summed E-state index contributed by atoms with van der Waals surface area (Å²) in [4.78, 5) is 17.7. The molecule has 0 aromatic heterocycles. The summed E-state index contributed by atoms with van der Waals surface area (Å²) in [6, 6.07) is 7.62. The molecule has 2 aliphatic heterocycles. The summed E-state index contributed by atoms with van der Waals surface area (Å²) < 4.78 is 11.9. The lowest BCUT2D eigenvalue weighted by molar-refractivity contribution is 0.0438. The fourth-order valence-electron chi connectivity index (χ4n) is 4.51. The van der Waals surface area contributed by atoms with Crippen LogP contribution in [-0.4, -0.2) is 67.9 Å². The molecule has 2 saturated heterocycles. The van der Waals surface area contributed by atoms with Crippen LogP contribution in [0.5, 0.6) is 5.75 Å². The predicted molar refractivity (Wildman–Crippen MR) is 140 cm³/mol. The standard InChI is InChI=1S/C25H41N3O3.2ClH/c1-2-3-12-19-30-24-14-7-6-13-23(24)26-25(29)31-22(20-27-15-8-4-9-16-27)21-28-17-10-5-11-18-28;;/h6-7,13-14,22H,2-5,8-12,15-21H2,1H3,(H,26,29);2*1H. The zero-order chi connectivity index (χ0) is 21.7. The first kappa shape index (κ1) is 29.8. The Morgan fingerprint density at radius 1 is 0.909 bits per heavy atom. The summed E-state index contributed by atoms with van der Waals surface area (Å²) in [6.45, 7) is 8.90. The van der Waals surface area contributed by atoms with Gasteiger partial charge in [0.15, 0.2) is 0 Å². The molecule has 33 heavy (non-hydrogen) atoms. The van der Waals surface area contributed by atoms with Gasteiger partial charge in [-0.15, -0.1) is 24.8 Å². The van der Waals surface area contributed by atoms with Gasteiger partial charge in [-0.05, 0) is 70.4 Å². The maximum Gasteiger partial charge on any atom is 0.412 e. The van der Waals surface area contributed by atoms with Crippen LogP contribution in [0.3, 0.4) is 0 Å². The second-order valence-electron chi connectivity index (χ2n) is 8.93. The average molecular weight is 505 g/mol. The highest BCUT2D eigenvalue weighted by Crippen LogP contribution is 2.24. The van der Waals surface area contributed by atoms with Gasteiger partial charge in [-0.1, -0.05) is 44.7 Å². The van der Waals surface area contributed by atoms with Crippen molar-refractivity contribution in [2.24, 2.45) is 0 Å². The molecule has 1 aromatic rings. The Bertz CT molecular complexity index is 634. The van der Waals surface area contributed by atoms with Crippen molar-refractivity contribution in [3.63, 3.8) is 0 Å². The third-order valence-corrected chi connectivity index (χ3v) is 6.22. The molecule has 1 aromatic carbocycles. The van der Waals surface area contributed by atoms with Gasteiger partial charge in [0.1, 0.15) is 11.9 Å². The molecule has 6 nitrogen and oxygen atoms in total. The molecule has 2 heterocycles. The third-order valence-electron chi connectivity index (χ3n) is 6.22. The number of amides is 1. The topological polar surface area (TPSA) is 54.0 Å². The lowest BCUT2D eigenvalue weighted by Crippen LogP contribution is -2.46. The van der Waals surface area contributed by atoms with Crippen LogP contribution in [-0.2, 0) is 4.74 Å². The summed E-state index contributed by atoms with van der Waals surface area (Å²) in [5.74, 6) is 0.708. The number of carbonyl (C=O) groups is 1. The molecule has 2 fully saturated rings. The largest absolute Gasteiger partial charge is 0.491 e. The molecular formula is C25H43Cl2N3O3. The normalized spacial score (nSPS) is 17.0. The fourth-order valence-corrected chi connectivity index (χ4v) is 4.51. The first-order valence-corrected chi connectivity index (χ1v) is 12.4. The molecule has 0 spiro atoms. The van der Waals surface area contributed by atoms with Crippen molar-refractivity contribution in [1.82, 2.24) is 9.80 Å². The Balaban J connectivity index is 0.00000272. The number of anilines is 1. The number of ether oxygens (including phenoxy) is 2. The van der Waals surface area contributed by atoms with Crippen LogP contribution in [0.15, 0.2) is 24.3 Å². The smallest absolute Gasteiger partial charge is 0.412 e. The maximum absolute atomic E-state index is 12.8. The monoisotopic (exact) mass is 503 g/mol. The number of nitrogens with zero attached hydrogens (tertiary/aromatic N) is 2. The van der Waals surface area contributed by atoms with E-state index >= 15 is 0 Å². The van der Waals surface area contributed by atoms with Crippen molar-refractivity contribution in [1.29, 1.82) is 0 Å². The predicted octanol–water partition coefficient (Wildman–Crippen LogP) is 5.99. The Labute approximate surface area is 212 Å². The van der Waals surface area contributed by atoms with E-state index in [0.717, 1.165) is 58.5 Å². The Morgan fingerprint density at radius 3 is 2.06 bits per heavy atom. The molecule has 0 atom stereocenters. The van der Waals surface area contributed by atoms with Gasteiger partial charge in [-0.2, -0.15) is 0 Å². The van der Waals surface area contributed by atoms with Crippen LogP contribution in [0.1, 0.15) is 64.7 Å². The molecule has 3 rings (SSSR count). The Hall–Kier alpha value is -1.21. The van der Waals surface area contributed by atoms with Crippen LogP contribution in [0.25, 0.3) is 0 Å². The van der Waals surface area contributed by atoms with Gasteiger partial charge < -0.3 is 9.47 Å². The van der Waals surface area contributed by atoms with E-state index < -0.39 is 0 Å². The van der Waals surface area contributed by atoms with Crippen molar-refractivity contribution in [2.45, 2.75) is 70.8 Å². The van der Waals surface area contributed by atoms with Crippen molar-refractivity contribution < 1.29 is 14.3 Å². The van der Waals surface area contributed by atoms with E-state index in [1.165, 1.54) is 38.5 Å². The molecule has 190 valence electrons. The van der Waals surface area contributed by atoms with E-state index in [0.29, 0.717) is 18.0 Å². The molecule has 0 unspecified atom stereocenters. The number of para-hydroxylation sites is 2. The van der Waals surface area contributed by atoms with Crippen LogP contribution in [0, 0.1) is 0 Å². The van der Waals surface area contributed by atoms with E-state index in [9.17, 15) is 4.79 Å². The van der Waals surface area contributed by atoms with Crippen molar-refractivity contribution >= 4 is 36.6 Å². The summed E-state index contributed by atoms with van der Waals surface area (Å²) in [5.41, 5.74) is 0.679. The van der Waals surface area contributed by atoms with Gasteiger partial charge in [0.25, 0.3) is 0 Å². The molecular weight excluding hydrogens is 461 g/mol. The van der Waals surface area contributed by atoms with E-state index in [2.05, 4.69) is 22.0 Å². The lowest BCUT2D eigenvalue weighted by atomic mass is 10.1. The zero-order valence-electron chi connectivity index (χ0n) is 20.1. The van der Waals surface area contributed by atoms with Gasteiger partial charge in [0.05, 0.1) is 12.3 Å². The molecule has 0 saturated carbocycles. The van der Waals surface area contributed by atoms with Crippen LogP contribution >= 0.6 is 24.8 Å². The minimum absolute atomic E-state index is 0. The quantitative estimate of drug-likeness (QED) is 0.376. The number of unbranched alkanes of at least 4 members (excludes halogenated alkanes) is 2. The molecule has 0 radical (unpaired) electrons. The highest BCUT2D eigenvalue weighted by Gasteiger charge is 2.24. The Kier molecular flexibility index (Phi) is 15.6. The van der Waals surface area contributed by atoms with Crippen LogP contribution < -0.4 is 10.1 Å². The highest BCUT2D eigenvalue weighted by molar-refractivity contribution is 5.86. The lowest BCUT2D eigenvalue weighted by Gasteiger charge is -2.34. The van der Waals surface area contributed by atoms with Gasteiger partial charge >= 0.3 is 6.09 Å². The number of hydrogen-bond acceptors (Lipinski definition) is 5. The van der Waals surface area contributed by atoms with Gasteiger partial charge in [0, 0.05) is 13.1 Å². The van der Waals surface area contributed by atoms with E-state index in [1.54, 1.807) is 0 Å². The molecule has 8 heteroatoms. The number of carbonyl (C=O) groups excluding carboxylic acids is 1. The molecule has 1 N–H and O–H groups in total. The molecule has 0 aliphatic carbocycles. The van der Waals surface area contributed by atoms with Crippen molar-refractivity contribution in [3.05, 3.63) is 24.3 Å². The number of piperidine rings is 2. The summed E-state index contributed by atoms with van der Waals surface area (Å²) in [7, 11) is 0. The van der Waals surface area contributed by atoms with Crippen molar-refractivity contribution in [3.8, 4) is 5.75 Å². The van der Waals surface area contributed by atoms with Crippen molar-refractivity contribution in [2.75, 3.05) is 51.2 Å². The second kappa shape index (κ2) is 17.3. The van der Waals surface area contributed by atoms with Crippen LogP contribution in [0.4, 0.5) is 10.5 Å². The van der Waals surface area contributed by atoms with Gasteiger partial charge in [-0.25, -0.2) is 4.79 Å². The van der Waals surface area contributed by atoms with Gasteiger partial charge in [0.2, 0.25) is 0 Å². The van der Waals surface area contributed by atoms with E-state index in [1.807, 2.05) is 24.3 Å². The highest BCUT2D eigenvalue weighted by atomic mass is 35.5. The zero-order valence-corrected chi connectivity index (χ0v) is 21.8. The van der Waals surface area contributed by atoms with Gasteiger partial charge in [-0.3, -0.25) is 15.1 Å². The first-order valence-electron chi connectivity index (χ1n) is 12.4. The summed E-state index contributed by atoms with van der Waals surface area (Å²) >= 11 is 0. The molecule has 1 amide bonds. The SMILES string of the molecule is CCCCCOc1ccccc1NC(=O)OC(CN1CCCCC1)CN1CCCCC1.Cl.Cl. The number of benzene rings is 1. The summed E-state index contributed by atoms with van der Waals surface area (Å²) in [6.07, 6.45) is 10.4. The molecule has 2 aliphatic rings. The minimum atomic E-state index is -0.386. The van der Waals surface area contributed by atoms with E-state index in [4.69, 9.17) is 9.47 Å². The number of likely N-dealkylation sites (tertiary alicyclic amines) is 2. The fraction of sp³-hybridized carbons (Fsp3) is 0.720.